The molecule has 3 heterocycles. The topological polar surface area (TPSA) is 95.4 Å². The van der Waals surface area contributed by atoms with Crippen LogP contribution >= 0.6 is 0 Å². The van der Waals surface area contributed by atoms with Crippen LogP contribution in [0.4, 0.5) is 28.0 Å². The lowest BCUT2D eigenvalue weighted by Crippen LogP contribution is -2.75. The summed E-state index contributed by atoms with van der Waals surface area (Å²) in [6, 6.07) is 1.94. The highest BCUT2D eigenvalue weighted by atomic mass is 19.4. The molecule has 31 heavy (non-hydrogen) atoms. The monoisotopic (exact) mass is 438 g/mol. The van der Waals surface area contributed by atoms with Gasteiger partial charge in [0.25, 0.3) is 0 Å². The zero-order chi connectivity index (χ0) is 22.6. The molecule has 2 amide bonds. The standard InChI is InChI=1S/C20H18F4N4O3/c1-10-4-13-7-19(6-10,17(29)30)28(13)18(31)27-12-2-3-15(20(22,23)24)14(5-12)16-25-8-11(21)9-26-16/h2-3,5,8-10,13H,4,6-7H2,1H3,(H,27,31)(H,29,30)/t10-,13?,19?/m0/s1. The van der Waals surface area contributed by atoms with E-state index in [1.807, 2.05) is 6.92 Å². The molecule has 3 atom stereocenters. The third kappa shape index (κ3) is 3.57. The van der Waals surface area contributed by atoms with Gasteiger partial charge in [0.15, 0.2) is 11.6 Å². The molecule has 3 aliphatic rings. The lowest BCUT2D eigenvalue weighted by molar-refractivity contribution is -0.173. The number of nitrogens with one attached hydrogen (secondary N) is 1. The van der Waals surface area contributed by atoms with Gasteiger partial charge in [-0.2, -0.15) is 13.2 Å². The zero-order valence-corrected chi connectivity index (χ0v) is 16.3. The SMILES string of the molecule is C[C@H]1CC2CC(C(=O)O)(C1)N2C(=O)Nc1ccc(C(F)(F)F)c(-c2ncc(F)cn2)c1. The van der Waals surface area contributed by atoms with Crippen molar-refractivity contribution >= 4 is 17.7 Å². The fourth-order valence-electron chi connectivity index (χ4n) is 4.64. The summed E-state index contributed by atoms with van der Waals surface area (Å²) in [5, 5.41) is 12.2. The number of rotatable bonds is 3. The lowest BCUT2D eigenvalue weighted by Gasteiger charge is -2.60. The summed E-state index contributed by atoms with van der Waals surface area (Å²) in [4.78, 5) is 33.2. The van der Waals surface area contributed by atoms with E-state index < -0.39 is 40.7 Å². The Morgan fingerprint density at radius 1 is 1.23 bits per heavy atom. The van der Waals surface area contributed by atoms with Crippen LogP contribution in [0.3, 0.4) is 0 Å². The van der Waals surface area contributed by atoms with Crippen molar-refractivity contribution in [2.24, 2.45) is 5.92 Å². The Kier molecular flexibility index (Phi) is 4.86. The molecule has 2 unspecified atom stereocenters. The van der Waals surface area contributed by atoms with Gasteiger partial charge in [0, 0.05) is 23.7 Å². The van der Waals surface area contributed by atoms with Gasteiger partial charge in [0.2, 0.25) is 0 Å². The van der Waals surface area contributed by atoms with Gasteiger partial charge >= 0.3 is 18.2 Å². The van der Waals surface area contributed by atoms with Crippen LogP contribution in [0.2, 0.25) is 0 Å². The maximum atomic E-state index is 13.4. The predicted molar refractivity (Wildman–Crippen MR) is 100 cm³/mol. The first-order valence-electron chi connectivity index (χ1n) is 9.54. The molecule has 2 aliphatic heterocycles. The summed E-state index contributed by atoms with van der Waals surface area (Å²) in [6.45, 7) is 1.92. The number of aliphatic carboxylic acids is 1. The molecule has 5 rings (SSSR count). The molecule has 164 valence electrons. The first kappa shape index (κ1) is 21.0. The van der Waals surface area contributed by atoms with Crippen LogP contribution < -0.4 is 5.32 Å². The molecule has 2 aromatic rings. The Balaban J connectivity index is 1.65. The van der Waals surface area contributed by atoms with Crippen molar-refractivity contribution in [1.29, 1.82) is 0 Å². The fourth-order valence-corrected chi connectivity index (χ4v) is 4.64. The number of anilines is 1. The molecule has 2 saturated heterocycles. The number of hydrogen-bond acceptors (Lipinski definition) is 4. The second kappa shape index (κ2) is 7.17. The number of carboxylic acids is 1. The largest absolute Gasteiger partial charge is 0.479 e. The molecular formula is C20H18F4N4O3. The summed E-state index contributed by atoms with van der Waals surface area (Å²) in [5.74, 6) is -2.12. The number of nitrogens with zero attached hydrogens (tertiary/aromatic N) is 3. The molecule has 1 aromatic carbocycles. The molecule has 1 aromatic heterocycles. The molecular weight excluding hydrogens is 420 g/mol. The predicted octanol–water partition coefficient (Wildman–Crippen LogP) is 4.16. The Morgan fingerprint density at radius 2 is 1.90 bits per heavy atom. The van der Waals surface area contributed by atoms with E-state index in [9.17, 15) is 32.3 Å². The number of aromatic nitrogens is 2. The summed E-state index contributed by atoms with van der Waals surface area (Å²) in [7, 11) is 0. The number of piperidine rings is 1. The molecule has 1 aliphatic carbocycles. The summed E-state index contributed by atoms with van der Waals surface area (Å²) >= 11 is 0. The number of hydrogen-bond donors (Lipinski definition) is 2. The first-order valence-corrected chi connectivity index (χ1v) is 9.54. The van der Waals surface area contributed by atoms with Crippen molar-refractivity contribution in [2.45, 2.75) is 43.9 Å². The van der Waals surface area contributed by atoms with Crippen molar-refractivity contribution in [1.82, 2.24) is 14.9 Å². The Bertz CT molecular complexity index is 1040. The van der Waals surface area contributed by atoms with Crippen LogP contribution in [0.5, 0.6) is 0 Å². The van der Waals surface area contributed by atoms with Gasteiger partial charge in [0.05, 0.1) is 18.0 Å². The highest BCUT2D eigenvalue weighted by Gasteiger charge is 2.63. The van der Waals surface area contributed by atoms with Crippen molar-refractivity contribution in [3.05, 3.63) is 42.0 Å². The highest BCUT2D eigenvalue weighted by Crippen LogP contribution is 2.50. The van der Waals surface area contributed by atoms with Crippen molar-refractivity contribution in [3.8, 4) is 11.4 Å². The number of carbonyl (C=O) groups excluding carboxylic acids is 1. The van der Waals surface area contributed by atoms with Gasteiger partial charge in [-0.3, -0.25) is 0 Å². The van der Waals surface area contributed by atoms with Crippen molar-refractivity contribution in [3.63, 3.8) is 0 Å². The van der Waals surface area contributed by atoms with Crippen LogP contribution in [0.15, 0.2) is 30.6 Å². The van der Waals surface area contributed by atoms with Crippen LogP contribution in [-0.2, 0) is 11.0 Å². The molecule has 2 bridgehead atoms. The smallest absolute Gasteiger partial charge is 0.417 e. The normalized spacial score (nSPS) is 25.0. The number of benzene rings is 1. The minimum Gasteiger partial charge on any atom is -0.479 e. The Morgan fingerprint density at radius 3 is 2.52 bits per heavy atom. The van der Waals surface area contributed by atoms with Crippen LogP contribution in [0, 0.1) is 11.7 Å². The average molecular weight is 438 g/mol. The highest BCUT2D eigenvalue weighted by molar-refractivity contribution is 5.96. The van der Waals surface area contributed by atoms with Gasteiger partial charge < -0.3 is 15.3 Å². The number of carbonyl (C=O) groups is 2. The summed E-state index contributed by atoms with van der Waals surface area (Å²) < 4.78 is 53.4. The second-order valence-electron chi connectivity index (χ2n) is 8.02. The Hall–Kier alpha value is -3.24. The van der Waals surface area contributed by atoms with Crippen molar-refractivity contribution in [2.75, 3.05) is 5.32 Å². The lowest BCUT2D eigenvalue weighted by atomic mass is 9.64. The molecule has 1 saturated carbocycles. The van der Waals surface area contributed by atoms with Gasteiger partial charge in [0.1, 0.15) is 5.54 Å². The maximum absolute atomic E-state index is 13.4. The van der Waals surface area contributed by atoms with E-state index in [1.165, 1.54) is 4.90 Å². The fraction of sp³-hybridized carbons (Fsp3) is 0.400. The third-order valence-corrected chi connectivity index (χ3v) is 5.81. The van der Waals surface area contributed by atoms with E-state index >= 15 is 0 Å². The minimum absolute atomic E-state index is 0.0134. The Labute approximate surface area is 174 Å². The van der Waals surface area contributed by atoms with E-state index in [0.717, 1.165) is 30.6 Å². The maximum Gasteiger partial charge on any atom is 0.417 e. The quantitative estimate of drug-likeness (QED) is 0.702. The number of halogens is 4. The van der Waals surface area contributed by atoms with Gasteiger partial charge in [-0.05, 0) is 37.0 Å². The second-order valence-corrected chi connectivity index (χ2v) is 8.02. The van der Waals surface area contributed by atoms with E-state index in [1.54, 1.807) is 0 Å². The third-order valence-electron chi connectivity index (χ3n) is 5.81. The van der Waals surface area contributed by atoms with Crippen LogP contribution in [-0.4, -0.2) is 43.6 Å². The van der Waals surface area contributed by atoms with Crippen molar-refractivity contribution < 1.29 is 32.3 Å². The molecule has 0 spiro atoms. The van der Waals surface area contributed by atoms with E-state index in [4.69, 9.17) is 0 Å². The first-order chi connectivity index (χ1) is 14.5. The van der Waals surface area contributed by atoms with Crippen LogP contribution in [0.1, 0.15) is 31.7 Å². The molecule has 0 radical (unpaired) electrons. The molecule has 3 fully saturated rings. The summed E-state index contributed by atoms with van der Waals surface area (Å²) in [6.07, 6.45) is -1.92. The number of fused-ring (bicyclic) bond motifs is 2. The summed E-state index contributed by atoms with van der Waals surface area (Å²) in [5.41, 5.74) is -2.77. The van der Waals surface area contributed by atoms with Gasteiger partial charge in [-0.25, -0.2) is 23.9 Å². The number of urea groups is 1. The minimum atomic E-state index is -4.73. The van der Waals surface area contributed by atoms with Gasteiger partial charge in [-0.15, -0.1) is 0 Å². The van der Waals surface area contributed by atoms with E-state index in [2.05, 4.69) is 15.3 Å². The number of amides is 2. The van der Waals surface area contributed by atoms with E-state index in [0.29, 0.717) is 19.3 Å². The number of carboxylic acid groups (broad SMARTS) is 1. The van der Waals surface area contributed by atoms with Gasteiger partial charge in [-0.1, -0.05) is 6.92 Å². The zero-order valence-electron chi connectivity index (χ0n) is 16.3. The van der Waals surface area contributed by atoms with E-state index in [-0.39, 0.29) is 23.5 Å². The molecule has 7 nitrogen and oxygen atoms in total. The molecule has 11 heteroatoms. The number of alkyl halides is 3. The van der Waals surface area contributed by atoms with Crippen LogP contribution in [0.25, 0.3) is 11.4 Å². The average Bonchev–Trinajstić information content (AvgIpc) is 2.66. The molecule has 2 N–H and O–H groups in total.